The number of anilines is 2. The van der Waals surface area contributed by atoms with Crippen molar-refractivity contribution in [2.24, 2.45) is 0 Å². The van der Waals surface area contributed by atoms with Crippen molar-refractivity contribution in [3.05, 3.63) is 181 Å². The van der Waals surface area contributed by atoms with Gasteiger partial charge in [0, 0.05) is 51.0 Å². The first kappa shape index (κ1) is 27.6. The second-order valence-corrected chi connectivity index (χ2v) is 13.6. The smallest absolute Gasteiger partial charge is 0.0581 e. The van der Waals surface area contributed by atoms with E-state index in [1.807, 2.05) is 0 Å². The molecule has 1 aromatic heterocycles. The lowest BCUT2D eigenvalue weighted by atomic mass is 9.92. The molecule has 9 aromatic rings. The second kappa shape index (κ2) is 10.6. The fraction of sp³-hybridized carbons (Fsp3) is 0.0417. The molecule has 1 unspecified atom stereocenters. The van der Waals surface area contributed by atoms with Gasteiger partial charge in [-0.15, -0.1) is 0 Å². The number of fused-ring (bicyclic) bond motifs is 9. The molecule has 50 heavy (non-hydrogen) atoms. The van der Waals surface area contributed by atoms with Crippen LogP contribution in [0, 0.1) is 0 Å². The number of para-hydroxylation sites is 2. The van der Waals surface area contributed by atoms with E-state index in [1.165, 1.54) is 93.8 Å². The van der Waals surface area contributed by atoms with Crippen LogP contribution in [0.2, 0.25) is 0 Å². The maximum Gasteiger partial charge on any atom is 0.0581 e. The van der Waals surface area contributed by atoms with E-state index < -0.39 is 0 Å². The number of nitrogens with zero attached hydrogens (tertiary/aromatic N) is 2. The summed E-state index contributed by atoms with van der Waals surface area (Å²) < 4.78 is 2.49. The van der Waals surface area contributed by atoms with Gasteiger partial charge in [-0.3, -0.25) is 0 Å². The van der Waals surface area contributed by atoms with Crippen LogP contribution in [-0.4, -0.2) is 10.6 Å². The average Bonchev–Trinajstić information content (AvgIpc) is 3.70. The Morgan fingerprint density at radius 2 is 1.16 bits per heavy atom. The third kappa shape index (κ3) is 3.85. The Labute approximate surface area is 290 Å². The SMILES string of the molecule is C1=CC(N(c2cccc3c2-c2c4ccccc4cc4cccc-3c24)c2cccc3ccccc23)Cc2c1c1ccccc1n2-c1ccccc1. The highest BCUT2D eigenvalue weighted by molar-refractivity contribution is 6.26. The highest BCUT2D eigenvalue weighted by Gasteiger charge is 2.33. The molecule has 0 saturated heterocycles. The van der Waals surface area contributed by atoms with Gasteiger partial charge in [0.2, 0.25) is 0 Å². The topological polar surface area (TPSA) is 8.17 Å². The van der Waals surface area contributed by atoms with E-state index in [4.69, 9.17) is 0 Å². The first-order valence-corrected chi connectivity index (χ1v) is 17.5. The molecule has 0 saturated carbocycles. The van der Waals surface area contributed by atoms with Crippen LogP contribution in [0.3, 0.4) is 0 Å². The minimum Gasteiger partial charge on any atom is -0.333 e. The first-order chi connectivity index (χ1) is 24.8. The molecule has 0 amide bonds. The van der Waals surface area contributed by atoms with Crippen LogP contribution in [0.1, 0.15) is 11.3 Å². The second-order valence-electron chi connectivity index (χ2n) is 13.6. The maximum absolute atomic E-state index is 2.65. The van der Waals surface area contributed by atoms with Crippen molar-refractivity contribution in [1.82, 2.24) is 4.57 Å². The van der Waals surface area contributed by atoms with Gasteiger partial charge in [-0.1, -0.05) is 140 Å². The highest BCUT2D eigenvalue weighted by atomic mass is 15.2. The zero-order valence-electron chi connectivity index (χ0n) is 27.4. The molecule has 234 valence electrons. The van der Waals surface area contributed by atoms with Crippen molar-refractivity contribution in [3.8, 4) is 27.9 Å². The lowest BCUT2D eigenvalue weighted by Crippen LogP contribution is -2.34. The van der Waals surface area contributed by atoms with Crippen LogP contribution < -0.4 is 4.90 Å². The average molecular weight is 637 g/mol. The van der Waals surface area contributed by atoms with Crippen molar-refractivity contribution >= 4 is 60.7 Å². The summed E-state index contributed by atoms with van der Waals surface area (Å²) >= 11 is 0. The summed E-state index contributed by atoms with van der Waals surface area (Å²) in [4.78, 5) is 2.65. The predicted molar refractivity (Wildman–Crippen MR) is 212 cm³/mol. The summed E-state index contributed by atoms with van der Waals surface area (Å²) in [5.41, 5.74) is 12.9. The summed E-state index contributed by atoms with van der Waals surface area (Å²) in [7, 11) is 0. The predicted octanol–water partition coefficient (Wildman–Crippen LogP) is 12.5. The Kier molecular flexibility index (Phi) is 5.82. The van der Waals surface area contributed by atoms with E-state index in [2.05, 4.69) is 185 Å². The largest absolute Gasteiger partial charge is 0.333 e. The highest BCUT2D eigenvalue weighted by Crippen LogP contribution is 2.55. The van der Waals surface area contributed by atoms with Crippen LogP contribution in [-0.2, 0) is 6.42 Å². The normalized spacial score (nSPS) is 14.4. The van der Waals surface area contributed by atoms with E-state index in [9.17, 15) is 0 Å². The summed E-state index contributed by atoms with van der Waals surface area (Å²) in [6.07, 6.45) is 5.70. The third-order valence-corrected chi connectivity index (χ3v) is 11.0. The molecule has 2 aliphatic carbocycles. The quantitative estimate of drug-likeness (QED) is 0.175. The Balaban J connectivity index is 1.20. The lowest BCUT2D eigenvalue weighted by Gasteiger charge is -2.36. The molecule has 0 aliphatic heterocycles. The van der Waals surface area contributed by atoms with Crippen LogP contribution in [0.25, 0.3) is 77.2 Å². The Morgan fingerprint density at radius 1 is 0.500 bits per heavy atom. The van der Waals surface area contributed by atoms with Crippen molar-refractivity contribution in [2.45, 2.75) is 12.5 Å². The fourth-order valence-electron chi connectivity index (χ4n) is 8.97. The van der Waals surface area contributed by atoms with Crippen molar-refractivity contribution in [2.75, 3.05) is 4.90 Å². The molecule has 1 heterocycles. The van der Waals surface area contributed by atoms with Crippen LogP contribution in [0.4, 0.5) is 11.4 Å². The molecule has 2 heteroatoms. The molecular formula is C48H32N2. The van der Waals surface area contributed by atoms with Crippen LogP contribution in [0.5, 0.6) is 0 Å². The molecule has 11 rings (SSSR count). The van der Waals surface area contributed by atoms with E-state index >= 15 is 0 Å². The monoisotopic (exact) mass is 636 g/mol. The van der Waals surface area contributed by atoms with Crippen molar-refractivity contribution in [3.63, 3.8) is 0 Å². The molecule has 8 aromatic carbocycles. The summed E-state index contributed by atoms with van der Waals surface area (Å²) in [6, 6.07) is 60.4. The standard InChI is InChI=1S/C48H32N2/c1-2-17-34(18-3-1)49-43-24-9-8-21-38(43)39-28-27-35(30-45(39)49)50(42-25-11-15-31-13-4-6-19-36(31)42)44-26-12-23-41-40-22-10-16-33-29-32-14-5-7-20-37(32)48(46(33)40)47(41)44/h1-29,35H,30H2. The van der Waals surface area contributed by atoms with E-state index in [0.29, 0.717) is 0 Å². The summed E-state index contributed by atoms with van der Waals surface area (Å²) in [5.74, 6) is 0. The molecule has 0 spiro atoms. The van der Waals surface area contributed by atoms with Gasteiger partial charge in [-0.25, -0.2) is 0 Å². The van der Waals surface area contributed by atoms with E-state index in [1.54, 1.807) is 0 Å². The minimum atomic E-state index is 0.0701. The lowest BCUT2D eigenvalue weighted by molar-refractivity contribution is 0.740. The molecule has 0 bridgehead atoms. The van der Waals surface area contributed by atoms with Gasteiger partial charge in [-0.2, -0.15) is 0 Å². The fourth-order valence-corrected chi connectivity index (χ4v) is 8.97. The molecule has 2 nitrogen and oxygen atoms in total. The minimum absolute atomic E-state index is 0.0701. The van der Waals surface area contributed by atoms with Gasteiger partial charge in [0.05, 0.1) is 17.2 Å². The summed E-state index contributed by atoms with van der Waals surface area (Å²) in [5, 5.41) is 9.04. The molecule has 0 fully saturated rings. The molecule has 1 atom stereocenters. The molecule has 0 N–H and O–H groups in total. The number of hydrogen-bond donors (Lipinski definition) is 0. The maximum atomic E-state index is 2.65. The first-order valence-electron chi connectivity index (χ1n) is 17.5. The Morgan fingerprint density at radius 3 is 2.06 bits per heavy atom. The van der Waals surface area contributed by atoms with Crippen LogP contribution >= 0.6 is 0 Å². The van der Waals surface area contributed by atoms with Crippen LogP contribution in [0.15, 0.2) is 170 Å². The zero-order valence-corrected chi connectivity index (χ0v) is 27.4. The number of aromatic nitrogens is 1. The Hall–Kier alpha value is -6.38. The van der Waals surface area contributed by atoms with Gasteiger partial charge < -0.3 is 9.47 Å². The van der Waals surface area contributed by atoms with Gasteiger partial charge in [0.1, 0.15) is 0 Å². The molecular weight excluding hydrogens is 605 g/mol. The van der Waals surface area contributed by atoms with E-state index in [-0.39, 0.29) is 6.04 Å². The number of rotatable bonds is 4. The number of hydrogen-bond acceptors (Lipinski definition) is 1. The van der Waals surface area contributed by atoms with Crippen molar-refractivity contribution in [1.29, 1.82) is 0 Å². The van der Waals surface area contributed by atoms with Gasteiger partial charge in [0.15, 0.2) is 0 Å². The molecule has 0 radical (unpaired) electrons. The van der Waals surface area contributed by atoms with Crippen molar-refractivity contribution < 1.29 is 0 Å². The number of benzene rings is 8. The van der Waals surface area contributed by atoms with Gasteiger partial charge in [-0.05, 0) is 74.5 Å². The third-order valence-electron chi connectivity index (χ3n) is 11.0. The van der Waals surface area contributed by atoms with Gasteiger partial charge in [0.25, 0.3) is 0 Å². The Bertz CT molecular complexity index is 2850. The van der Waals surface area contributed by atoms with E-state index in [0.717, 1.165) is 6.42 Å². The zero-order chi connectivity index (χ0) is 32.8. The molecule has 2 aliphatic rings. The summed E-state index contributed by atoms with van der Waals surface area (Å²) in [6.45, 7) is 0. The van der Waals surface area contributed by atoms with Gasteiger partial charge >= 0.3 is 0 Å².